The molecule has 0 atom stereocenters. The van der Waals surface area contributed by atoms with Gasteiger partial charge in [0.05, 0.1) is 13.4 Å². The fraction of sp³-hybridized carbons (Fsp3) is 0.158. The van der Waals surface area contributed by atoms with E-state index >= 15 is 0 Å². The Labute approximate surface area is 130 Å². The van der Waals surface area contributed by atoms with E-state index in [1.54, 1.807) is 13.4 Å². The molecule has 0 aliphatic carbocycles. The summed E-state index contributed by atoms with van der Waals surface area (Å²) in [5.41, 5.74) is 3.37. The Balaban J connectivity index is 1.68. The van der Waals surface area contributed by atoms with Gasteiger partial charge in [0.1, 0.15) is 23.9 Å². The molecule has 2 aromatic carbocycles. The first kappa shape index (κ1) is 14.3. The van der Waals surface area contributed by atoms with Gasteiger partial charge in [0, 0.05) is 5.56 Å². The van der Waals surface area contributed by atoms with Crippen molar-refractivity contribution in [1.82, 2.24) is 0 Å². The molecule has 0 aliphatic rings. The summed E-state index contributed by atoms with van der Waals surface area (Å²) in [5.74, 6) is 2.60. The number of benzene rings is 2. The maximum absolute atomic E-state index is 5.78. The van der Waals surface area contributed by atoms with E-state index in [2.05, 4.69) is 12.1 Å². The van der Waals surface area contributed by atoms with Gasteiger partial charge >= 0.3 is 0 Å². The number of aryl methyl sites for hydroxylation is 1. The molecule has 3 rings (SSSR count). The minimum atomic E-state index is 0.518. The quantitative estimate of drug-likeness (QED) is 0.674. The highest BCUT2D eigenvalue weighted by Crippen LogP contribution is 2.25. The van der Waals surface area contributed by atoms with Crippen LogP contribution in [0, 0.1) is 6.92 Å². The highest BCUT2D eigenvalue weighted by Gasteiger charge is 2.03. The molecule has 3 aromatic rings. The second-order valence-corrected chi connectivity index (χ2v) is 5.04. The Morgan fingerprint density at radius 2 is 1.41 bits per heavy atom. The lowest BCUT2D eigenvalue weighted by atomic mass is 10.1. The largest absolute Gasteiger partial charge is 0.497 e. The lowest BCUT2D eigenvalue weighted by Crippen LogP contribution is -1.95. The fourth-order valence-corrected chi connectivity index (χ4v) is 2.25. The molecule has 0 spiro atoms. The number of hydrogen-bond donors (Lipinski definition) is 0. The SMILES string of the molecule is COc1ccc(-c2ccc(OCc3ccoc3C)cc2)cc1. The van der Waals surface area contributed by atoms with Crippen molar-refractivity contribution < 1.29 is 13.9 Å². The van der Waals surface area contributed by atoms with Gasteiger partial charge in [-0.2, -0.15) is 0 Å². The standard InChI is InChI=1S/C19H18O3/c1-14-17(11-12-21-14)13-22-19-9-5-16(6-10-19)15-3-7-18(20-2)8-4-15/h3-12H,13H2,1-2H3. The summed E-state index contributed by atoms with van der Waals surface area (Å²) in [7, 11) is 1.67. The first-order valence-electron chi connectivity index (χ1n) is 7.16. The predicted octanol–water partition coefficient (Wildman–Crippen LogP) is 4.84. The van der Waals surface area contributed by atoms with Gasteiger partial charge in [-0.15, -0.1) is 0 Å². The molecule has 3 nitrogen and oxygen atoms in total. The summed E-state index contributed by atoms with van der Waals surface area (Å²) >= 11 is 0. The fourth-order valence-electron chi connectivity index (χ4n) is 2.25. The number of methoxy groups -OCH3 is 1. The van der Waals surface area contributed by atoms with Crippen LogP contribution in [0.25, 0.3) is 11.1 Å². The minimum absolute atomic E-state index is 0.518. The zero-order valence-electron chi connectivity index (χ0n) is 12.7. The van der Waals surface area contributed by atoms with E-state index in [4.69, 9.17) is 13.9 Å². The maximum Gasteiger partial charge on any atom is 0.119 e. The van der Waals surface area contributed by atoms with E-state index in [0.29, 0.717) is 6.61 Å². The van der Waals surface area contributed by atoms with Crippen molar-refractivity contribution in [2.45, 2.75) is 13.5 Å². The molecule has 22 heavy (non-hydrogen) atoms. The minimum Gasteiger partial charge on any atom is -0.497 e. The Hall–Kier alpha value is -2.68. The van der Waals surface area contributed by atoms with Gasteiger partial charge in [0.15, 0.2) is 0 Å². The summed E-state index contributed by atoms with van der Waals surface area (Å²) in [6.07, 6.45) is 1.68. The first-order chi connectivity index (χ1) is 10.8. The van der Waals surface area contributed by atoms with Gasteiger partial charge in [0.2, 0.25) is 0 Å². The topological polar surface area (TPSA) is 31.6 Å². The molecule has 0 aliphatic heterocycles. The van der Waals surface area contributed by atoms with Gasteiger partial charge in [-0.25, -0.2) is 0 Å². The normalized spacial score (nSPS) is 10.5. The molecular weight excluding hydrogens is 276 g/mol. The van der Waals surface area contributed by atoms with Crippen molar-refractivity contribution >= 4 is 0 Å². The third-order valence-corrected chi connectivity index (χ3v) is 3.64. The van der Waals surface area contributed by atoms with Crippen LogP contribution in [0.2, 0.25) is 0 Å². The van der Waals surface area contributed by atoms with E-state index in [-0.39, 0.29) is 0 Å². The van der Waals surface area contributed by atoms with Crippen LogP contribution in [-0.4, -0.2) is 7.11 Å². The van der Waals surface area contributed by atoms with Crippen molar-refractivity contribution in [3.8, 4) is 22.6 Å². The summed E-state index contributed by atoms with van der Waals surface area (Å²) in [4.78, 5) is 0. The highest BCUT2D eigenvalue weighted by atomic mass is 16.5. The predicted molar refractivity (Wildman–Crippen MR) is 86.2 cm³/mol. The molecule has 0 bridgehead atoms. The van der Waals surface area contributed by atoms with Gasteiger partial charge in [0.25, 0.3) is 0 Å². The summed E-state index contributed by atoms with van der Waals surface area (Å²) in [6, 6.07) is 18.0. The number of ether oxygens (including phenoxy) is 2. The van der Waals surface area contributed by atoms with Crippen LogP contribution in [-0.2, 0) is 6.61 Å². The van der Waals surface area contributed by atoms with Crippen molar-refractivity contribution in [2.75, 3.05) is 7.11 Å². The molecule has 0 saturated carbocycles. The molecule has 0 N–H and O–H groups in total. The van der Waals surface area contributed by atoms with Gasteiger partial charge in [-0.3, -0.25) is 0 Å². The second kappa shape index (κ2) is 6.39. The lowest BCUT2D eigenvalue weighted by molar-refractivity contribution is 0.303. The molecule has 0 fully saturated rings. The molecule has 1 aromatic heterocycles. The lowest BCUT2D eigenvalue weighted by Gasteiger charge is -2.07. The number of furan rings is 1. The maximum atomic E-state index is 5.78. The van der Waals surface area contributed by atoms with Crippen LogP contribution in [0.5, 0.6) is 11.5 Å². The van der Waals surface area contributed by atoms with Crippen LogP contribution in [0.15, 0.2) is 65.3 Å². The average molecular weight is 294 g/mol. The van der Waals surface area contributed by atoms with E-state index in [1.165, 1.54) is 0 Å². The van der Waals surface area contributed by atoms with Crippen molar-refractivity contribution in [3.63, 3.8) is 0 Å². The first-order valence-corrected chi connectivity index (χ1v) is 7.16. The molecule has 0 amide bonds. The Bertz CT molecular complexity index is 724. The molecule has 0 unspecified atom stereocenters. The van der Waals surface area contributed by atoms with E-state index in [9.17, 15) is 0 Å². The van der Waals surface area contributed by atoms with Gasteiger partial charge in [-0.05, 0) is 48.4 Å². The van der Waals surface area contributed by atoms with E-state index in [1.807, 2.05) is 49.4 Å². The molecule has 0 radical (unpaired) electrons. The summed E-state index contributed by atoms with van der Waals surface area (Å²) in [6.45, 7) is 2.45. The van der Waals surface area contributed by atoms with Crippen LogP contribution in [0.1, 0.15) is 11.3 Å². The van der Waals surface area contributed by atoms with Crippen molar-refractivity contribution in [3.05, 3.63) is 72.2 Å². The van der Waals surface area contributed by atoms with Crippen LogP contribution in [0.4, 0.5) is 0 Å². The average Bonchev–Trinajstić information content (AvgIpc) is 2.99. The third-order valence-electron chi connectivity index (χ3n) is 3.64. The third kappa shape index (κ3) is 3.14. The molecule has 1 heterocycles. The second-order valence-electron chi connectivity index (χ2n) is 5.04. The number of hydrogen-bond acceptors (Lipinski definition) is 3. The molecule has 112 valence electrons. The zero-order valence-corrected chi connectivity index (χ0v) is 12.7. The van der Waals surface area contributed by atoms with Gasteiger partial charge < -0.3 is 13.9 Å². The highest BCUT2D eigenvalue weighted by molar-refractivity contribution is 5.64. The summed E-state index contributed by atoms with van der Waals surface area (Å²) < 4.78 is 16.2. The number of rotatable bonds is 5. The monoisotopic (exact) mass is 294 g/mol. The van der Waals surface area contributed by atoms with Crippen molar-refractivity contribution in [2.24, 2.45) is 0 Å². The molecule has 3 heteroatoms. The molecular formula is C19H18O3. The smallest absolute Gasteiger partial charge is 0.119 e. The van der Waals surface area contributed by atoms with Crippen LogP contribution < -0.4 is 9.47 Å². The Kier molecular flexibility index (Phi) is 4.15. The zero-order chi connectivity index (χ0) is 15.4. The Morgan fingerprint density at radius 3 is 1.91 bits per heavy atom. The summed E-state index contributed by atoms with van der Waals surface area (Å²) in [5, 5.41) is 0. The van der Waals surface area contributed by atoms with E-state index < -0.39 is 0 Å². The van der Waals surface area contributed by atoms with Crippen LogP contribution in [0.3, 0.4) is 0 Å². The van der Waals surface area contributed by atoms with Gasteiger partial charge in [-0.1, -0.05) is 24.3 Å². The Morgan fingerprint density at radius 1 is 0.818 bits per heavy atom. The van der Waals surface area contributed by atoms with Crippen LogP contribution >= 0.6 is 0 Å². The van der Waals surface area contributed by atoms with E-state index in [0.717, 1.165) is 33.9 Å². The molecule has 0 saturated heterocycles. The van der Waals surface area contributed by atoms with Crippen molar-refractivity contribution in [1.29, 1.82) is 0 Å².